The molecule has 0 atom stereocenters. The lowest BCUT2D eigenvalue weighted by molar-refractivity contribution is -0.137. The number of hydrogen-bond acceptors (Lipinski definition) is 4. The first-order valence-electron chi connectivity index (χ1n) is 9.25. The number of piperazine rings is 1. The van der Waals surface area contributed by atoms with Gasteiger partial charge in [-0.1, -0.05) is 30.3 Å². The molecule has 0 bridgehead atoms. The van der Waals surface area contributed by atoms with Crippen LogP contribution < -0.4 is 5.32 Å². The molecule has 152 valence electrons. The molecule has 8 heteroatoms. The van der Waals surface area contributed by atoms with E-state index in [9.17, 15) is 18.0 Å². The second kappa shape index (κ2) is 9.07. The minimum absolute atomic E-state index is 0.195. The standard InChI is InChI=1S/C21H21F3N4O/c22-21(23,24)18-6-3-4-16(12-18)14-27-8-10-28(11-9-27)15-20(29)26-19-7-2-1-5-17(19)13-25/h1-7,12H,8-11,14-15H2,(H,26,29). The van der Waals surface area contributed by atoms with Crippen molar-refractivity contribution in [3.63, 3.8) is 0 Å². The molecule has 1 N–H and O–H groups in total. The lowest BCUT2D eigenvalue weighted by Crippen LogP contribution is -2.48. The molecule has 0 unspecified atom stereocenters. The Morgan fingerprint density at radius 2 is 1.72 bits per heavy atom. The Kier molecular flexibility index (Phi) is 6.52. The van der Waals surface area contributed by atoms with Crippen LogP contribution in [-0.2, 0) is 17.5 Å². The fourth-order valence-corrected chi connectivity index (χ4v) is 3.29. The van der Waals surface area contributed by atoms with E-state index in [1.54, 1.807) is 30.3 Å². The van der Waals surface area contributed by atoms with Gasteiger partial charge in [-0.25, -0.2) is 0 Å². The zero-order chi connectivity index (χ0) is 20.9. The number of carbonyl (C=O) groups is 1. The molecule has 0 radical (unpaired) electrons. The van der Waals surface area contributed by atoms with Crippen molar-refractivity contribution >= 4 is 11.6 Å². The molecule has 1 aliphatic rings. The van der Waals surface area contributed by atoms with Crippen LogP contribution in [0.15, 0.2) is 48.5 Å². The maximum Gasteiger partial charge on any atom is 0.416 e. The number of amides is 1. The fourth-order valence-electron chi connectivity index (χ4n) is 3.29. The van der Waals surface area contributed by atoms with Gasteiger partial charge in [0, 0.05) is 32.7 Å². The summed E-state index contributed by atoms with van der Waals surface area (Å²) in [5, 5.41) is 11.8. The maximum absolute atomic E-state index is 12.8. The summed E-state index contributed by atoms with van der Waals surface area (Å²) in [6.07, 6.45) is -4.34. The number of hydrogen-bond donors (Lipinski definition) is 1. The number of nitrogens with one attached hydrogen (secondary N) is 1. The number of halogens is 3. The number of anilines is 1. The van der Waals surface area contributed by atoms with Gasteiger partial charge >= 0.3 is 6.18 Å². The molecule has 5 nitrogen and oxygen atoms in total. The summed E-state index contributed by atoms with van der Waals surface area (Å²) in [6, 6.07) is 14.2. The highest BCUT2D eigenvalue weighted by Crippen LogP contribution is 2.29. The molecule has 2 aromatic carbocycles. The lowest BCUT2D eigenvalue weighted by Gasteiger charge is -2.34. The Labute approximate surface area is 167 Å². The quantitative estimate of drug-likeness (QED) is 0.834. The van der Waals surface area contributed by atoms with Crippen LogP contribution in [0.4, 0.5) is 18.9 Å². The predicted octanol–water partition coefficient (Wildman–Crippen LogP) is 3.33. The van der Waals surface area contributed by atoms with Gasteiger partial charge in [0.25, 0.3) is 0 Å². The van der Waals surface area contributed by atoms with Crippen molar-refractivity contribution in [1.82, 2.24) is 9.80 Å². The first-order chi connectivity index (χ1) is 13.8. The van der Waals surface area contributed by atoms with Gasteiger partial charge in [-0.2, -0.15) is 18.4 Å². The summed E-state index contributed by atoms with van der Waals surface area (Å²) >= 11 is 0. The van der Waals surface area contributed by atoms with Gasteiger partial charge in [-0.15, -0.1) is 0 Å². The maximum atomic E-state index is 12.8. The Bertz CT molecular complexity index is 899. The van der Waals surface area contributed by atoms with Gasteiger partial charge in [-0.3, -0.25) is 14.6 Å². The van der Waals surface area contributed by atoms with Crippen LogP contribution in [0.1, 0.15) is 16.7 Å². The molecular formula is C21H21F3N4O. The largest absolute Gasteiger partial charge is 0.416 e. The van der Waals surface area contributed by atoms with Crippen LogP contribution in [0.3, 0.4) is 0 Å². The summed E-state index contributed by atoms with van der Waals surface area (Å²) in [4.78, 5) is 16.3. The summed E-state index contributed by atoms with van der Waals surface area (Å²) in [5.74, 6) is -0.195. The van der Waals surface area contributed by atoms with Crippen molar-refractivity contribution < 1.29 is 18.0 Å². The molecule has 0 aromatic heterocycles. The highest BCUT2D eigenvalue weighted by molar-refractivity contribution is 5.93. The Morgan fingerprint density at radius 1 is 1.03 bits per heavy atom. The highest BCUT2D eigenvalue weighted by atomic mass is 19.4. The van der Waals surface area contributed by atoms with Gasteiger partial charge in [0.2, 0.25) is 5.91 Å². The van der Waals surface area contributed by atoms with E-state index in [-0.39, 0.29) is 12.5 Å². The number of rotatable bonds is 5. The first kappa shape index (κ1) is 20.8. The van der Waals surface area contributed by atoms with Crippen LogP contribution >= 0.6 is 0 Å². The molecule has 0 saturated carbocycles. The highest BCUT2D eigenvalue weighted by Gasteiger charge is 2.30. The summed E-state index contributed by atoms with van der Waals surface area (Å²) < 4.78 is 38.5. The second-order valence-corrected chi connectivity index (χ2v) is 6.96. The van der Waals surface area contributed by atoms with Crippen LogP contribution in [0.5, 0.6) is 0 Å². The number of nitrogens with zero attached hydrogens (tertiary/aromatic N) is 3. The van der Waals surface area contributed by atoms with Crippen molar-refractivity contribution in [2.45, 2.75) is 12.7 Å². The summed E-state index contributed by atoms with van der Waals surface area (Å²) in [5.41, 5.74) is 0.886. The molecule has 29 heavy (non-hydrogen) atoms. The molecule has 1 aliphatic heterocycles. The molecule has 1 saturated heterocycles. The molecule has 1 amide bonds. The SMILES string of the molecule is N#Cc1ccccc1NC(=O)CN1CCN(Cc2cccc(C(F)(F)F)c2)CC1. The van der Waals surface area contributed by atoms with Crippen molar-refractivity contribution in [3.05, 3.63) is 65.2 Å². The molecule has 1 heterocycles. The predicted molar refractivity (Wildman–Crippen MR) is 103 cm³/mol. The second-order valence-electron chi connectivity index (χ2n) is 6.96. The minimum atomic E-state index is -4.34. The molecule has 3 rings (SSSR count). The first-order valence-corrected chi connectivity index (χ1v) is 9.25. The number of carbonyl (C=O) groups excluding carboxylic acids is 1. The lowest BCUT2D eigenvalue weighted by atomic mass is 10.1. The monoisotopic (exact) mass is 402 g/mol. The van der Waals surface area contributed by atoms with E-state index in [4.69, 9.17) is 5.26 Å². The van der Waals surface area contributed by atoms with E-state index >= 15 is 0 Å². The van der Waals surface area contributed by atoms with Gasteiger partial charge in [0.1, 0.15) is 6.07 Å². The average molecular weight is 402 g/mol. The van der Waals surface area contributed by atoms with Crippen molar-refractivity contribution in [1.29, 1.82) is 5.26 Å². The van der Waals surface area contributed by atoms with E-state index < -0.39 is 11.7 Å². The van der Waals surface area contributed by atoms with E-state index in [2.05, 4.69) is 10.2 Å². The van der Waals surface area contributed by atoms with E-state index in [1.807, 2.05) is 11.0 Å². The van der Waals surface area contributed by atoms with Crippen molar-refractivity contribution in [2.75, 3.05) is 38.0 Å². The average Bonchev–Trinajstić information content (AvgIpc) is 2.69. The van der Waals surface area contributed by atoms with Crippen LogP contribution in [0, 0.1) is 11.3 Å². The number of para-hydroxylation sites is 1. The third-order valence-corrected chi connectivity index (χ3v) is 4.81. The van der Waals surface area contributed by atoms with E-state index in [0.29, 0.717) is 49.5 Å². The Hall–Kier alpha value is -2.89. The Morgan fingerprint density at radius 3 is 2.41 bits per heavy atom. The number of benzene rings is 2. The van der Waals surface area contributed by atoms with Gasteiger partial charge in [0.05, 0.1) is 23.4 Å². The molecule has 1 fully saturated rings. The third kappa shape index (κ3) is 5.79. The molecular weight excluding hydrogens is 381 g/mol. The molecule has 0 spiro atoms. The van der Waals surface area contributed by atoms with Crippen LogP contribution in [-0.4, -0.2) is 48.4 Å². The van der Waals surface area contributed by atoms with Crippen LogP contribution in [0.2, 0.25) is 0 Å². The topological polar surface area (TPSA) is 59.4 Å². The zero-order valence-electron chi connectivity index (χ0n) is 15.7. The summed E-state index contributed by atoms with van der Waals surface area (Å²) in [7, 11) is 0. The van der Waals surface area contributed by atoms with Crippen molar-refractivity contribution in [3.8, 4) is 6.07 Å². The normalized spacial score (nSPS) is 15.7. The fraction of sp³-hybridized carbons (Fsp3) is 0.333. The van der Waals surface area contributed by atoms with E-state index in [0.717, 1.165) is 6.07 Å². The Balaban J connectivity index is 1.48. The van der Waals surface area contributed by atoms with Gasteiger partial charge in [0.15, 0.2) is 0 Å². The third-order valence-electron chi connectivity index (χ3n) is 4.81. The summed E-state index contributed by atoms with van der Waals surface area (Å²) in [6.45, 7) is 3.27. The van der Waals surface area contributed by atoms with Gasteiger partial charge in [-0.05, 0) is 23.8 Å². The number of nitriles is 1. The zero-order valence-corrected chi connectivity index (χ0v) is 15.7. The van der Waals surface area contributed by atoms with Crippen LogP contribution in [0.25, 0.3) is 0 Å². The number of alkyl halides is 3. The molecule has 2 aromatic rings. The van der Waals surface area contributed by atoms with E-state index in [1.165, 1.54) is 12.1 Å². The molecule has 0 aliphatic carbocycles. The minimum Gasteiger partial charge on any atom is -0.324 e. The van der Waals surface area contributed by atoms with Crippen molar-refractivity contribution in [2.24, 2.45) is 0 Å². The van der Waals surface area contributed by atoms with Gasteiger partial charge < -0.3 is 5.32 Å². The smallest absolute Gasteiger partial charge is 0.324 e.